The van der Waals surface area contributed by atoms with Crippen molar-refractivity contribution in [2.24, 2.45) is 0 Å². The van der Waals surface area contributed by atoms with Crippen molar-refractivity contribution in [3.63, 3.8) is 0 Å². The molecule has 0 radical (unpaired) electrons. The molecule has 1 fully saturated rings. The highest BCUT2D eigenvalue weighted by Gasteiger charge is 2.28. The molecule has 0 bridgehead atoms. The Hall–Kier alpha value is -1.68. The van der Waals surface area contributed by atoms with Crippen LogP contribution in [0, 0.1) is 0 Å². The molecule has 0 aliphatic carbocycles. The van der Waals surface area contributed by atoms with Crippen LogP contribution in [-0.2, 0) is 14.3 Å². The molecular weight excluding hydrogens is 242 g/mol. The van der Waals surface area contributed by atoms with E-state index in [9.17, 15) is 9.59 Å². The van der Waals surface area contributed by atoms with Crippen molar-refractivity contribution in [2.45, 2.75) is 31.9 Å². The predicted molar refractivity (Wildman–Crippen MR) is 71.6 cm³/mol. The zero-order chi connectivity index (χ0) is 13.7. The molecule has 2 unspecified atom stereocenters. The largest absolute Gasteiger partial charge is 0.349 e. The van der Waals surface area contributed by atoms with E-state index in [1.54, 1.807) is 0 Å². The normalized spacial score (nSPS) is 20.3. The summed E-state index contributed by atoms with van der Waals surface area (Å²) in [5.74, 6) is 0.334. The molecule has 1 saturated heterocycles. The van der Waals surface area contributed by atoms with Gasteiger partial charge in [-0.2, -0.15) is 0 Å². The van der Waals surface area contributed by atoms with Gasteiger partial charge in [0.15, 0.2) is 12.5 Å². The van der Waals surface area contributed by atoms with Crippen LogP contribution in [0.2, 0.25) is 0 Å². The van der Waals surface area contributed by atoms with E-state index in [1.165, 1.54) is 10.5 Å². The summed E-state index contributed by atoms with van der Waals surface area (Å²) < 4.78 is 5.16. The zero-order valence-corrected chi connectivity index (χ0v) is 11.1. The number of carbonyl (C=O) groups excluding carboxylic acids is 2. The first kappa shape index (κ1) is 13.7. The van der Waals surface area contributed by atoms with Crippen LogP contribution in [0.5, 0.6) is 0 Å². The summed E-state index contributed by atoms with van der Waals surface area (Å²) in [7, 11) is 0. The first-order chi connectivity index (χ1) is 9.22. The van der Waals surface area contributed by atoms with Crippen LogP contribution in [-0.4, -0.2) is 36.5 Å². The van der Waals surface area contributed by atoms with Crippen LogP contribution in [0.4, 0.5) is 0 Å². The molecule has 1 aromatic carbocycles. The highest BCUT2D eigenvalue weighted by molar-refractivity contribution is 5.79. The van der Waals surface area contributed by atoms with E-state index in [0.717, 1.165) is 6.42 Å². The van der Waals surface area contributed by atoms with Gasteiger partial charge in [0.2, 0.25) is 5.91 Å². The van der Waals surface area contributed by atoms with E-state index in [0.29, 0.717) is 31.8 Å². The standard InChI is InChI=1S/C15H19NO3/c1-12(13-5-3-2-4-6-13)7-8-14(18)16-9-10-19-15(16)11-17/h2-6,11-12,15H,7-10H2,1H3. The third-order valence-corrected chi connectivity index (χ3v) is 3.52. The van der Waals surface area contributed by atoms with Crippen molar-refractivity contribution in [2.75, 3.05) is 13.2 Å². The average Bonchev–Trinajstić information content (AvgIpc) is 2.93. The molecule has 4 nitrogen and oxygen atoms in total. The summed E-state index contributed by atoms with van der Waals surface area (Å²) in [6, 6.07) is 10.1. The summed E-state index contributed by atoms with van der Waals surface area (Å²) >= 11 is 0. The van der Waals surface area contributed by atoms with Crippen LogP contribution in [0.1, 0.15) is 31.2 Å². The number of rotatable bonds is 5. The Labute approximate surface area is 113 Å². The third-order valence-electron chi connectivity index (χ3n) is 3.52. The van der Waals surface area contributed by atoms with E-state index in [2.05, 4.69) is 19.1 Å². The molecule has 1 amide bonds. The Balaban J connectivity index is 1.85. The lowest BCUT2D eigenvalue weighted by atomic mass is 9.96. The van der Waals surface area contributed by atoms with Gasteiger partial charge in [0.25, 0.3) is 0 Å². The Morgan fingerprint density at radius 1 is 1.47 bits per heavy atom. The van der Waals surface area contributed by atoms with Gasteiger partial charge in [-0.15, -0.1) is 0 Å². The summed E-state index contributed by atoms with van der Waals surface area (Å²) in [6.45, 7) is 3.08. The molecule has 1 aliphatic heterocycles. The fraction of sp³-hybridized carbons (Fsp3) is 0.467. The molecule has 2 rings (SSSR count). The quantitative estimate of drug-likeness (QED) is 0.761. The fourth-order valence-electron chi connectivity index (χ4n) is 2.30. The third kappa shape index (κ3) is 3.41. The van der Waals surface area contributed by atoms with Gasteiger partial charge in [-0.25, -0.2) is 0 Å². The molecule has 1 aliphatic rings. The second kappa shape index (κ2) is 6.48. The molecule has 0 spiro atoms. The minimum atomic E-state index is -0.681. The van der Waals surface area contributed by atoms with E-state index in [-0.39, 0.29) is 5.91 Å². The van der Waals surface area contributed by atoms with Crippen molar-refractivity contribution < 1.29 is 14.3 Å². The molecule has 0 N–H and O–H groups in total. The molecule has 2 atom stereocenters. The lowest BCUT2D eigenvalue weighted by Gasteiger charge is -2.19. The van der Waals surface area contributed by atoms with Crippen molar-refractivity contribution in [1.29, 1.82) is 0 Å². The van der Waals surface area contributed by atoms with Gasteiger partial charge in [-0.05, 0) is 17.9 Å². The number of ether oxygens (including phenoxy) is 1. The second-order valence-electron chi connectivity index (χ2n) is 4.83. The van der Waals surface area contributed by atoms with Gasteiger partial charge in [-0.1, -0.05) is 37.3 Å². The molecule has 1 aromatic rings. The minimum Gasteiger partial charge on any atom is -0.349 e. The predicted octanol–water partition coefficient (Wildman–Crippen LogP) is 1.95. The molecule has 19 heavy (non-hydrogen) atoms. The number of nitrogens with zero attached hydrogens (tertiary/aromatic N) is 1. The second-order valence-corrected chi connectivity index (χ2v) is 4.83. The SMILES string of the molecule is CC(CCC(=O)N1CCOC1C=O)c1ccccc1. The molecule has 0 aromatic heterocycles. The summed E-state index contributed by atoms with van der Waals surface area (Å²) in [5, 5.41) is 0. The van der Waals surface area contributed by atoms with Crippen LogP contribution < -0.4 is 0 Å². The maximum absolute atomic E-state index is 12.0. The van der Waals surface area contributed by atoms with Crippen LogP contribution in [0.25, 0.3) is 0 Å². The highest BCUT2D eigenvalue weighted by atomic mass is 16.5. The van der Waals surface area contributed by atoms with Crippen molar-refractivity contribution in [3.8, 4) is 0 Å². The summed E-state index contributed by atoms with van der Waals surface area (Å²) in [6.07, 6.45) is 1.24. The first-order valence-corrected chi connectivity index (χ1v) is 6.63. The Morgan fingerprint density at radius 2 is 2.21 bits per heavy atom. The van der Waals surface area contributed by atoms with Crippen LogP contribution in [0.3, 0.4) is 0 Å². The van der Waals surface area contributed by atoms with Crippen molar-refractivity contribution in [1.82, 2.24) is 4.90 Å². The molecular formula is C15H19NO3. The van der Waals surface area contributed by atoms with Gasteiger partial charge in [0, 0.05) is 13.0 Å². The van der Waals surface area contributed by atoms with Gasteiger partial charge >= 0.3 is 0 Å². The fourth-order valence-corrected chi connectivity index (χ4v) is 2.30. The number of carbonyl (C=O) groups is 2. The first-order valence-electron chi connectivity index (χ1n) is 6.63. The lowest BCUT2D eigenvalue weighted by molar-refractivity contribution is -0.141. The Kier molecular flexibility index (Phi) is 4.68. The number of benzene rings is 1. The van der Waals surface area contributed by atoms with E-state index < -0.39 is 6.23 Å². The van der Waals surface area contributed by atoms with Gasteiger partial charge in [-0.3, -0.25) is 9.59 Å². The highest BCUT2D eigenvalue weighted by Crippen LogP contribution is 2.21. The summed E-state index contributed by atoms with van der Waals surface area (Å²) in [4.78, 5) is 24.3. The van der Waals surface area contributed by atoms with Gasteiger partial charge in [0.1, 0.15) is 0 Å². The minimum absolute atomic E-state index is 0.00242. The van der Waals surface area contributed by atoms with E-state index in [1.807, 2.05) is 18.2 Å². The number of hydrogen-bond donors (Lipinski definition) is 0. The van der Waals surface area contributed by atoms with Crippen LogP contribution in [0.15, 0.2) is 30.3 Å². The number of amides is 1. The average molecular weight is 261 g/mol. The Morgan fingerprint density at radius 3 is 2.89 bits per heavy atom. The van der Waals surface area contributed by atoms with Gasteiger partial charge in [0.05, 0.1) is 6.61 Å². The molecule has 4 heteroatoms. The van der Waals surface area contributed by atoms with Crippen LogP contribution >= 0.6 is 0 Å². The zero-order valence-electron chi connectivity index (χ0n) is 11.1. The smallest absolute Gasteiger partial charge is 0.225 e. The Bertz CT molecular complexity index is 432. The topological polar surface area (TPSA) is 46.6 Å². The molecule has 1 heterocycles. The molecule has 0 saturated carbocycles. The maximum atomic E-state index is 12.0. The number of hydrogen-bond acceptors (Lipinski definition) is 3. The van der Waals surface area contributed by atoms with Gasteiger partial charge < -0.3 is 9.64 Å². The van der Waals surface area contributed by atoms with Crippen molar-refractivity contribution in [3.05, 3.63) is 35.9 Å². The van der Waals surface area contributed by atoms with Crippen molar-refractivity contribution >= 4 is 12.2 Å². The molecule has 102 valence electrons. The van der Waals surface area contributed by atoms with E-state index >= 15 is 0 Å². The monoisotopic (exact) mass is 261 g/mol. The number of aldehydes is 1. The van der Waals surface area contributed by atoms with E-state index in [4.69, 9.17) is 4.74 Å². The lowest BCUT2D eigenvalue weighted by Crippen LogP contribution is -2.37. The maximum Gasteiger partial charge on any atom is 0.225 e. The summed E-state index contributed by atoms with van der Waals surface area (Å²) in [5.41, 5.74) is 1.24.